The van der Waals surface area contributed by atoms with Crippen molar-refractivity contribution in [3.63, 3.8) is 0 Å². The van der Waals surface area contributed by atoms with Gasteiger partial charge in [-0.25, -0.2) is 9.50 Å². The van der Waals surface area contributed by atoms with E-state index in [1.165, 1.54) is 16.2 Å². The molecule has 0 saturated heterocycles. The Labute approximate surface area is 189 Å². The van der Waals surface area contributed by atoms with Crippen molar-refractivity contribution >= 4 is 27.9 Å². The van der Waals surface area contributed by atoms with Gasteiger partial charge in [-0.1, -0.05) is 6.92 Å². The third-order valence-corrected chi connectivity index (χ3v) is 7.38. The van der Waals surface area contributed by atoms with Crippen molar-refractivity contribution in [3.8, 4) is 17.3 Å². The van der Waals surface area contributed by atoms with Gasteiger partial charge in [-0.05, 0) is 50.7 Å². The monoisotopic (exact) mass is 445 g/mol. The van der Waals surface area contributed by atoms with Crippen LogP contribution < -0.4 is 5.32 Å². The minimum atomic E-state index is -0.343. The van der Waals surface area contributed by atoms with Crippen LogP contribution in [0.15, 0.2) is 18.3 Å². The van der Waals surface area contributed by atoms with Gasteiger partial charge in [0.2, 0.25) is 0 Å². The Kier molecular flexibility index (Phi) is 4.82. The predicted molar refractivity (Wildman–Crippen MR) is 123 cm³/mol. The largest absolute Gasteiger partial charge is 0.311 e. The molecule has 4 aromatic rings. The number of thiophene rings is 1. The zero-order valence-electron chi connectivity index (χ0n) is 18.4. The second-order valence-corrected chi connectivity index (χ2v) is 9.53. The molecule has 1 aliphatic carbocycles. The Bertz CT molecular complexity index is 1420. The fourth-order valence-corrected chi connectivity index (χ4v) is 5.82. The molecule has 1 N–H and O–H groups in total. The lowest BCUT2D eigenvalue weighted by molar-refractivity contribution is 0.102. The van der Waals surface area contributed by atoms with Crippen LogP contribution in [-0.4, -0.2) is 30.3 Å². The van der Waals surface area contributed by atoms with Gasteiger partial charge in [0, 0.05) is 35.4 Å². The number of anilines is 1. The van der Waals surface area contributed by atoms with Crippen molar-refractivity contribution in [2.24, 2.45) is 13.0 Å². The molecule has 32 heavy (non-hydrogen) atoms. The normalized spacial score (nSPS) is 15.5. The molecule has 9 heteroatoms. The van der Waals surface area contributed by atoms with Crippen LogP contribution in [0.4, 0.5) is 5.00 Å². The smallest absolute Gasteiger partial charge is 0.276 e. The maximum atomic E-state index is 13.1. The summed E-state index contributed by atoms with van der Waals surface area (Å²) in [5.41, 5.74) is 6.21. The second-order valence-electron chi connectivity index (χ2n) is 8.42. The molecule has 0 fully saturated rings. The fourth-order valence-electron chi connectivity index (χ4n) is 4.46. The number of carbonyl (C=O) groups excluding carboxylic acids is 1. The van der Waals surface area contributed by atoms with Gasteiger partial charge in [0.1, 0.15) is 11.1 Å². The lowest BCUT2D eigenvalue weighted by Gasteiger charge is -2.17. The van der Waals surface area contributed by atoms with Crippen LogP contribution in [0.5, 0.6) is 0 Å². The van der Waals surface area contributed by atoms with E-state index < -0.39 is 0 Å². The van der Waals surface area contributed by atoms with E-state index in [1.807, 2.05) is 31.6 Å². The van der Waals surface area contributed by atoms with Crippen LogP contribution in [0.25, 0.3) is 16.9 Å². The maximum Gasteiger partial charge on any atom is 0.276 e. The van der Waals surface area contributed by atoms with E-state index in [1.54, 1.807) is 16.8 Å². The molecule has 0 radical (unpaired) electrons. The van der Waals surface area contributed by atoms with E-state index in [9.17, 15) is 10.1 Å². The van der Waals surface area contributed by atoms with Crippen molar-refractivity contribution in [2.75, 3.05) is 5.32 Å². The van der Waals surface area contributed by atoms with Gasteiger partial charge >= 0.3 is 0 Å². The Morgan fingerprint density at radius 2 is 2.16 bits per heavy atom. The van der Waals surface area contributed by atoms with E-state index in [4.69, 9.17) is 0 Å². The average Bonchev–Trinajstić information content (AvgIpc) is 3.41. The molecule has 0 unspecified atom stereocenters. The molecule has 0 bridgehead atoms. The van der Waals surface area contributed by atoms with Crippen molar-refractivity contribution < 1.29 is 4.79 Å². The number of nitrogens with one attached hydrogen (secondary N) is 1. The lowest BCUT2D eigenvalue weighted by atomic mass is 9.89. The van der Waals surface area contributed by atoms with Crippen molar-refractivity contribution in [1.82, 2.24) is 24.4 Å². The zero-order valence-corrected chi connectivity index (χ0v) is 19.2. The van der Waals surface area contributed by atoms with Gasteiger partial charge in [-0.15, -0.1) is 11.3 Å². The van der Waals surface area contributed by atoms with E-state index >= 15 is 0 Å². The average molecular weight is 446 g/mol. The quantitative estimate of drug-likeness (QED) is 0.513. The SMILES string of the molecule is Cc1nn(C)c(C)c1-c1ccnc2cc(C(=O)Nc3sc4c(c3C#N)CC[C@@H](C)C4)nn12. The molecular formula is C23H23N7OS. The molecule has 0 aliphatic heterocycles. The maximum absolute atomic E-state index is 13.1. The second kappa shape index (κ2) is 7.57. The summed E-state index contributed by atoms with van der Waals surface area (Å²) in [6, 6.07) is 5.84. The summed E-state index contributed by atoms with van der Waals surface area (Å²) in [5.74, 6) is 0.253. The van der Waals surface area contributed by atoms with Gasteiger partial charge < -0.3 is 5.32 Å². The predicted octanol–water partition coefficient (Wildman–Crippen LogP) is 4.06. The molecule has 0 saturated carbocycles. The van der Waals surface area contributed by atoms with Crippen molar-refractivity contribution in [2.45, 2.75) is 40.0 Å². The number of nitrogens with zero attached hydrogens (tertiary/aromatic N) is 6. The molecule has 1 aliphatic rings. The number of aromatic nitrogens is 5. The van der Waals surface area contributed by atoms with Crippen LogP contribution in [0.1, 0.15) is 51.2 Å². The van der Waals surface area contributed by atoms with Crippen molar-refractivity contribution in [3.05, 3.63) is 51.4 Å². The topological polar surface area (TPSA) is 101 Å². The highest BCUT2D eigenvalue weighted by Crippen LogP contribution is 2.39. The zero-order chi connectivity index (χ0) is 22.6. The lowest BCUT2D eigenvalue weighted by Crippen LogP contribution is -2.13. The van der Waals surface area contributed by atoms with E-state index in [2.05, 4.69) is 33.5 Å². The first-order valence-corrected chi connectivity index (χ1v) is 11.4. The van der Waals surface area contributed by atoms with Crippen LogP contribution in [-0.2, 0) is 19.9 Å². The Hall–Kier alpha value is -3.51. The molecule has 8 nitrogen and oxygen atoms in total. The van der Waals surface area contributed by atoms with Gasteiger partial charge in [-0.3, -0.25) is 9.48 Å². The Balaban J connectivity index is 1.52. The van der Waals surface area contributed by atoms with E-state index in [0.717, 1.165) is 47.5 Å². The summed E-state index contributed by atoms with van der Waals surface area (Å²) in [5, 5.41) is 22.3. The highest BCUT2D eigenvalue weighted by atomic mass is 32.1. The molecule has 0 spiro atoms. The van der Waals surface area contributed by atoms with Crippen LogP contribution in [0.3, 0.4) is 0 Å². The molecule has 1 amide bonds. The Morgan fingerprint density at radius 1 is 1.34 bits per heavy atom. The molecule has 1 atom stereocenters. The molecule has 5 rings (SSSR count). The molecule has 0 aromatic carbocycles. The van der Waals surface area contributed by atoms with Gasteiger partial charge in [-0.2, -0.15) is 15.5 Å². The summed E-state index contributed by atoms with van der Waals surface area (Å²) in [6.07, 6.45) is 4.62. The minimum absolute atomic E-state index is 0.257. The Morgan fingerprint density at radius 3 is 2.88 bits per heavy atom. The van der Waals surface area contributed by atoms with Gasteiger partial charge in [0.05, 0.1) is 17.0 Å². The number of hydrogen-bond donors (Lipinski definition) is 1. The summed E-state index contributed by atoms with van der Waals surface area (Å²) in [4.78, 5) is 18.7. The van der Waals surface area contributed by atoms with E-state index in [0.29, 0.717) is 22.1 Å². The summed E-state index contributed by atoms with van der Waals surface area (Å²) < 4.78 is 3.51. The van der Waals surface area contributed by atoms with Crippen LogP contribution >= 0.6 is 11.3 Å². The molecule has 162 valence electrons. The number of rotatable bonds is 3. The number of carbonyl (C=O) groups is 1. The number of aryl methyl sites for hydroxylation is 2. The molecular weight excluding hydrogens is 422 g/mol. The number of amides is 1. The number of nitriles is 1. The third kappa shape index (κ3) is 3.19. The number of hydrogen-bond acceptors (Lipinski definition) is 6. The van der Waals surface area contributed by atoms with Crippen LogP contribution in [0, 0.1) is 31.1 Å². The summed E-state index contributed by atoms with van der Waals surface area (Å²) >= 11 is 1.51. The molecule has 4 aromatic heterocycles. The number of fused-ring (bicyclic) bond motifs is 2. The first-order valence-electron chi connectivity index (χ1n) is 10.6. The van der Waals surface area contributed by atoms with Gasteiger partial charge in [0.15, 0.2) is 11.3 Å². The van der Waals surface area contributed by atoms with Crippen LogP contribution in [0.2, 0.25) is 0 Å². The standard InChI is InChI=1S/C23H23N7OS/c1-12-5-6-15-16(11-24)23(32-19(15)9-12)26-22(31)17-10-20-25-8-7-18(30(20)28-17)21-13(2)27-29(4)14(21)3/h7-8,10,12H,5-6,9H2,1-4H3,(H,26,31)/t12-/m1/s1. The fraction of sp³-hybridized carbons (Fsp3) is 0.348. The highest BCUT2D eigenvalue weighted by molar-refractivity contribution is 7.16. The molecule has 4 heterocycles. The summed E-state index contributed by atoms with van der Waals surface area (Å²) in [7, 11) is 1.90. The first-order chi connectivity index (χ1) is 15.4. The first kappa shape index (κ1) is 20.4. The third-order valence-electron chi connectivity index (χ3n) is 6.21. The summed E-state index contributed by atoms with van der Waals surface area (Å²) in [6.45, 7) is 6.18. The van der Waals surface area contributed by atoms with Crippen molar-refractivity contribution in [1.29, 1.82) is 5.26 Å². The minimum Gasteiger partial charge on any atom is -0.311 e. The highest BCUT2D eigenvalue weighted by Gasteiger charge is 2.26. The van der Waals surface area contributed by atoms with E-state index in [-0.39, 0.29) is 11.6 Å². The van der Waals surface area contributed by atoms with Gasteiger partial charge in [0.25, 0.3) is 5.91 Å².